The molecule has 0 aliphatic heterocycles. The lowest BCUT2D eigenvalue weighted by atomic mass is 10.3. The van der Waals surface area contributed by atoms with Crippen LogP contribution in [0.3, 0.4) is 0 Å². The Morgan fingerprint density at radius 2 is 1.64 bits per heavy atom. The van der Waals surface area contributed by atoms with E-state index in [2.05, 4.69) is 15.9 Å². The monoisotopic (exact) mass is 269 g/mol. The molecule has 0 heterocycles. The summed E-state index contributed by atoms with van der Waals surface area (Å²) in [5.41, 5.74) is 0. The van der Waals surface area contributed by atoms with Crippen LogP contribution in [0.25, 0.3) is 0 Å². The summed E-state index contributed by atoms with van der Waals surface area (Å²) in [4.78, 5) is -0.593. The third kappa shape index (κ3) is 5.05. The van der Waals surface area contributed by atoms with Gasteiger partial charge in [0.2, 0.25) is 0 Å². The van der Waals surface area contributed by atoms with Gasteiger partial charge >= 0.3 is 6.18 Å². The largest absolute Gasteiger partial charge is 0.402 e. The summed E-state index contributed by atoms with van der Waals surface area (Å²) in [5, 5.41) is 16.6. The van der Waals surface area contributed by atoms with E-state index in [1.54, 1.807) is 12.1 Å². The fourth-order valence-electron chi connectivity index (χ4n) is 0.715. The molecule has 78 valence electrons. The molecule has 0 saturated heterocycles. The molecule has 0 aromatic rings. The van der Waals surface area contributed by atoms with Crippen LogP contribution in [0.15, 0.2) is 0 Å². The minimum Gasteiger partial charge on any atom is -0.276 e. The number of halogens is 4. The first-order valence-electron chi connectivity index (χ1n) is 3.59. The topological polar surface area (TPSA) is 50.8 Å². The molecule has 0 aliphatic rings. The highest BCUT2D eigenvalue weighted by Gasteiger charge is 2.38. The fraction of sp³-hybridized carbons (Fsp3) is 0.714. The molecule has 1 unspecified atom stereocenters. The second-order valence-electron chi connectivity index (χ2n) is 2.49. The predicted molar refractivity (Wildman–Crippen MR) is 46.4 cm³/mol. The molecule has 0 spiro atoms. The third-order valence-electron chi connectivity index (χ3n) is 1.36. The van der Waals surface area contributed by atoms with E-state index in [4.69, 9.17) is 10.5 Å². The van der Waals surface area contributed by atoms with Crippen LogP contribution in [-0.4, -0.2) is 35.5 Å². The smallest absolute Gasteiger partial charge is 0.276 e. The Balaban J connectivity index is 4.18. The number of rotatable bonds is 4. The molecule has 3 nitrogen and oxygen atoms in total. The Labute approximate surface area is 87.8 Å². The minimum atomic E-state index is -4.36. The summed E-state index contributed by atoms with van der Waals surface area (Å²) >= 11 is 2.45. The van der Waals surface area contributed by atoms with Gasteiger partial charge in [0.1, 0.15) is 4.83 Å². The minimum absolute atomic E-state index is 0.189. The molecular weight excluding hydrogens is 263 g/mol. The van der Waals surface area contributed by atoms with Gasteiger partial charge in [0.15, 0.2) is 0 Å². The molecule has 0 amide bonds. The molecule has 1 atom stereocenters. The van der Waals surface area contributed by atoms with Crippen LogP contribution in [0.1, 0.15) is 0 Å². The van der Waals surface area contributed by atoms with Crippen molar-refractivity contribution in [2.45, 2.75) is 11.0 Å². The summed E-state index contributed by atoms with van der Waals surface area (Å²) < 4.78 is 36.2. The lowest BCUT2D eigenvalue weighted by Crippen LogP contribution is -2.37. The average Bonchev–Trinajstić information content (AvgIpc) is 2.03. The van der Waals surface area contributed by atoms with E-state index in [1.807, 2.05) is 0 Å². The lowest BCUT2D eigenvalue weighted by molar-refractivity contribution is -0.130. The fourth-order valence-corrected chi connectivity index (χ4v) is 1.12. The van der Waals surface area contributed by atoms with Crippen molar-refractivity contribution in [2.24, 2.45) is 0 Å². The van der Waals surface area contributed by atoms with Gasteiger partial charge in [-0.05, 0) is 0 Å². The highest BCUT2D eigenvalue weighted by molar-refractivity contribution is 9.09. The van der Waals surface area contributed by atoms with E-state index in [-0.39, 0.29) is 13.1 Å². The number of nitriles is 2. The highest BCUT2D eigenvalue weighted by atomic mass is 79.9. The number of hydrogen-bond donors (Lipinski definition) is 0. The second kappa shape index (κ2) is 5.84. The molecule has 7 heteroatoms. The lowest BCUT2D eigenvalue weighted by Gasteiger charge is -2.20. The Hall–Kier alpha value is -0.790. The van der Waals surface area contributed by atoms with Crippen LogP contribution in [-0.2, 0) is 0 Å². The van der Waals surface area contributed by atoms with Crippen LogP contribution in [0.4, 0.5) is 13.2 Å². The van der Waals surface area contributed by atoms with Gasteiger partial charge in [0, 0.05) is 6.54 Å². The van der Waals surface area contributed by atoms with Crippen molar-refractivity contribution in [3.8, 4) is 12.1 Å². The zero-order chi connectivity index (χ0) is 11.2. The molecule has 0 saturated carbocycles. The maximum absolute atomic E-state index is 12.1. The Kier molecular flexibility index (Phi) is 5.51. The molecule has 0 bridgehead atoms. The van der Waals surface area contributed by atoms with Gasteiger partial charge in [-0.25, -0.2) is 0 Å². The van der Waals surface area contributed by atoms with Gasteiger partial charge in [-0.2, -0.15) is 23.7 Å². The molecule has 0 rings (SSSR count). The summed E-state index contributed by atoms with van der Waals surface area (Å²) in [6.07, 6.45) is -4.36. The number of hydrogen-bond acceptors (Lipinski definition) is 3. The van der Waals surface area contributed by atoms with Crippen molar-refractivity contribution in [1.29, 1.82) is 10.5 Å². The van der Waals surface area contributed by atoms with Gasteiger partial charge in [-0.3, -0.25) is 4.90 Å². The molecule has 0 radical (unpaired) electrons. The van der Waals surface area contributed by atoms with Gasteiger partial charge in [-0.15, -0.1) is 0 Å². The van der Waals surface area contributed by atoms with Crippen LogP contribution >= 0.6 is 15.9 Å². The average molecular weight is 270 g/mol. The van der Waals surface area contributed by atoms with Crippen LogP contribution in [0, 0.1) is 22.7 Å². The van der Waals surface area contributed by atoms with Crippen molar-refractivity contribution < 1.29 is 13.2 Å². The first kappa shape index (κ1) is 13.2. The first-order chi connectivity index (χ1) is 6.41. The van der Waals surface area contributed by atoms with Gasteiger partial charge in [-0.1, -0.05) is 15.9 Å². The molecule has 0 aliphatic carbocycles. The van der Waals surface area contributed by atoms with Crippen molar-refractivity contribution in [2.75, 3.05) is 19.6 Å². The molecule has 0 aromatic carbocycles. The zero-order valence-electron chi connectivity index (χ0n) is 7.05. The molecule has 0 fully saturated rings. The van der Waals surface area contributed by atoms with E-state index >= 15 is 0 Å². The van der Waals surface area contributed by atoms with E-state index in [0.29, 0.717) is 0 Å². The van der Waals surface area contributed by atoms with Gasteiger partial charge in [0.05, 0.1) is 25.2 Å². The first-order valence-corrected chi connectivity index (χ1v) is 4.50. The van der Waals surface area contributed by atoms with Crippen molar-refractivity contribution >= 4 is 15.9 Å². The second-order valence-corrected chi connectivity index (χ2v) is 3.60. The standard InChI is InChI=1S/C7H7BrF3N3/c8-6(7(9,10)11)5-14(3-1-12)4-2-13/h6H,3-5H2. The van der Waals surface area contributed by atoms with E-state index in [9.17, 15) is 13.2 Å². The Morgan fingerprint density at radius 3 is 1.93 bits per heavy atom. The zero-order valence-corrected chi connectivity index (χ0v) is 8.64. The Bertz CT molecular complexity index is 236. The summed E-state index contributed by atoms with van der Waals surface area (Å²) in [6, 6.07) is 3.39. The summed E-state index contributed by atoms with van der Waals surface area (Å²) in [5.74, 6) is 0. The van der Waals surface area contributed by atoms with Gasteiger partial charge in [0.25, 0.3) is 0 Å². The van der Waals surface area contributed by atoms with E-state index in [0.717, 1.165) is 4.90 Å². The van der Waals surface area contributed by atoms with Crippen molar-refractivity contribution in [3.05, 3.63) is 0 Å². The van der Waals surface area contributed by atoms with Gasteiger partial charge < -0.3 is 0 Å². The normalized spacial score (nSPS) is 13.4. The van der Waals surface area contributed by atoms with Crippen molar-refractivity contribution in [3.63, 3.8) is 0 Å². The third-order valence-corrected chi connectivity index (χ3v) is 2.17. The van der Waals surface area contributed by atoms with Crippen molar-refractivity contribution in [1.82, 2.24) is 4.90 Å². The molecule has 0 aromatic heterocycles. The maximum Gasteiger partial charge on any atom is 0.402 e. The molecule has 14 heavy (non-hydrogen) atoms. The van der Waals surface area contributed by atoms with Crippen LogP contribution in [0.5, 0.6) is 0 Å². The highest BCUT2D eigenvalue weighted by Crippen LogP contribution is 2.26. The maximum atomic E-state index is 12.1. The van der Waals surface area contributed by atoms with E-state index < -0.39 is 17.5 Å². The quantitative estimate of drug-likeness (QED) is 0.576. The predicted octanol–water partition coefficient (Wildman–Crippen LogP) is 1.66. The molecular formula is C7H7BrF3N3. The number of nitrogens with zero attached hydrogens (tertiary/aromatic N) is 3. The summed E-state index contributed by atoms with van der Waals surface area (Å²) in [6.45, 7) is -0.776. The molecule has 0 N–H and O–H groups in total. The summed E-state index contributed by atoms with van der Waals surface area (Å²) in [7, 11) is 0. The van der Waals surface area contributed by atoms with Crippen LogP contribution < -0.4 is 0 Å². The van der Waals surface area contributed by atoms with E-state index in [1.165, 1.54) is 0 Å². The number of alkyl halides is 4. The SMILES string of the molecule is N#CCN(CC#N)CC(Br)C(F)(F)F. The van der Waals surface area contributed by atoms with Crippen LogP contribution in [0.2, 0.25) is 0 Å². The Morgan fingerprint density at radius 1 is 1.21 bits per heavy atom.